The van der Waals surface area contributed by atoms with Crippen molar-refractivity contribution in [3.63, 3.8) is 0 Å². The van der Waals surface area contributed by atoms with E-state index in [1.807, 2.05) is 30.3 Å². The number of rotatable bonds is 8. The highest BCUT2D eigenvalue weighted by Gasteiger charge is 2.50. The van der Waals surface area contributed by atoms with Gasteiger partial charge in [0, 0.05) is 13.1 Å². The van der Waals surface area contributed by atoms with Crippen LogP contribution in [-0.2, 0) is 25.6 Å². The van der Waals surface area contributed by atoms with Crippen LogP contribution in [0.1, 0.15) is 38.2 Å². The Morgan fingerprint density at radius 2 is 2.00 bits per heavy atom. The Hall–Kier alpha value is -1.92. The van der Waals surface area contributed by atoms with Gasteiger partial charge >= 0.3 is 0 Å². The van der Waals surface area contributed by atoms with Crippen LogP contribution in [0.25, 0.3) is 0 Å². The van der Waals surface area contributed by atoms with Crippen LogP contribution in [0, 0.1) is 0 Å². The molecule has 0 spiro atoms. The number of fused-ring (bicyclic) bond motifs is 2. The number of amides is 2. The van der Waals surface area contributed by atoms with Gasteiger partial charge in [-0.05, 0) is 12.0 Å². The summed E-state index contributed by atoms with van der Waals surface area (Å²) in [6, 6.07) is 9.79. The first-order valence-corrected chi connectivity index (χ1v) is 9.10. The van der Waals surface area contributed by atoms with Crippen molar-refractivity contribution in [1.29, 1.82) is 0 Å². The van der Waals surface area contributed by atoms with E-state index in [1.165, 1.54) is 0 Å². The third kappa shape index (κ3) is 4.38. The molecule has 2 aliphatic heterocycles. The smallest absolute Gasteiger partial charge is 0.255 e. The molecule has 136 valence electrons. The van der Waals surface area contributed by atoms with E-state index in [2.05, 4.69) is 12.2 Å². The van der Waals surface area contributed by atoms with Gasteiger partial charge in [-0.25, -0.2) is 0 Å². The molecular formula is C19H26N2O4. The molecule has 2 heterocycles. The van der Waals surface area contributed by atoms with Crippen LogP contribution in [0.3, 0.4) is 0 Å². The van der Waals surface area contributed by atoms with Crippen LogP contribution in [0.2, 0.25) is 0 Å². The Morgan fingerprint density at radius 3 is 2.76 bits per heavy atom. The molecule has 1 aromatic carbocycles. The topological polar surface area (TPSA) is 67.9 Å². The van der Waals surface area contributed by atoms with E-state index < -0.39 is 18.5 Å². The number of hydrogen-bond acceptors (Lipinski definition) is 4. The summed E-state index contributed by atoms with van der Waals surface area (Å²) in [5.41, 5.74) is 1.05. The molecule has 0 radical (unpaired) electrons. The van der Waals surface area contributed by atoms with E-state index >= 15 is 0 Å². The minimum Gasteiger partial charge on any atom is -0.354 e. The molecule has 25 heavy (non-hydrogen) atoms. The summed E-state index contributed by atoms with van der Waals surface area (Å²) in [5.74, 6) is -0.428. The number of hydrogen-bond donors (Lipinski definition) is 1. The normalized spacial score (nSPS) is 25.2. The molecule has 2 saturated heterocycles. The van der Waals surface area contributed by atoms with Crippen molar-refractivity contribution in [2.75, 3.05) is 13.1 Å². The third-order valence-electron chi connectivity index (χ3n) is 4.60. The fraction of sp³-hybridized carbons (Fsp3) is 0.579. The summed E-state index contributed by atoms with van der Waals surface area (Å²) in [5, 5.41) is 2.87. The van der Waals surface area contributed by atoms with Gasteiger partial charge in [-0.1, -0.05) is 56.5 Å². The van der Waals surface area contributed by atoms with Gasteiger partial charge in [0.2, 0.25) is 0 Å². The lowest BCUT2D eigenvalue weighted by molar-refractivity contribution is -0.162. The van der Waals surface area contributed by atoms with Crippen LogP contribution in [0.5, 0.6) is 0 Å². The highest BCUT2D eigenvalue weighted by Crippen LogP contribution is 2.28. The molecule has 1 aromatic rings. The Kier molecular flexibility index (Phi) is 6.04. The number of unbranched alkanes of at least 4 members (excludes halogenated alkanes) is 3. The summed E-state index contributed by atoms with van der Waals surface area (Å²) in [7, 11) is 0. The second-order valence-electron chi connectivity index (χ2n) is 6.60. The number of carbonyl (C=O) groups is 2. The maximum absolute atomic E-state index is 12.7. The Morgan fingerprint density at radius 1 is 1.20 bits per heavy atom. The van der Waals surface area contributed by atoms with Crippen molar-refractivity contribution in [1.82, 2.24) is 10.2 Å². The van der Waals surface area contributed by atoms with E-state index in [1.54, 1.807) is 4.90 Å². The first kappa shape index (κ1) is 17.9. The standard InChI is InChI=1S/C19H26N2O4/c1-2-3-4-8-11-20-18(22)16-17-19(23)21(13-15(24-16)25-17)12-14-9-6-5-7-10-14/h5-7,9-10,15-17H,2-4,8,11-13H2,1H3,(H,20,22)/t15-,16+,17-/m0/s1. The maximum Gasteiger partial charge on any atom is 0.255 e. The second-order valence-corrected chi connectivity index (χ2v) is 6.60. The van der Waals surface area contributed by atoms with E-state index in [0.29, 0.717) is 19.6 Å². The number of nitrogens with zero attached hydrogens (tertiary/aromatic N) is 1. The zero-order chi connectivity index (χ0) is 17.6. The predicted octanol–water partition coefficient (Wildman–Crippen LogP) is 1.84. The number of benzene rings is 1. The molecular weight excluding hydrogens is 320 g/mol. The lowest BCUT2D eigenvalue weighted by atomic mass is 10.1. The van der Waals surface area contributed by atoms with Crippen LogP contribution >= 0.6 is 0 Å². The summed E-state index contributed by atoms with van der Waals surface area (Å²) in [4.78, 5) is 26.7. The highest BCUT2D eigenvalue weighted by atomic mass is 16.7. The van der Waals surface area contributed by atoms with E-state index in [-0.39, 0.29) is 11.8 Å². The molecule has 2 amide bonds. The molecule has 6 heteroatoms. The van der Waals surface area contributed by atoms with Crippen LogP contribution in [0.15, 0.2) is 30.3 Å². The maximum atomic E-state index is 12.7. The molecule has 0 aliphatic carbocycles. The average molecular weight is 346 g/mol. The average Bonchev–Trinajstić information content (AvgIpc) is 2.99. The van der Waals surface area contributed by atoms with Gasteiger partial charge in [-0.3, -0.25) is 9.59 Å². The third-order valence-corrected chi connectivity index (χ3v) is 4.60. The van der Waals surface area contributed by atoms with Crippen molar-refractivity contribution in [3.8, 4) is 0 Å². The van der Waals surface area contributed by atoms with Crippen LogP contribution in [0.4, 0.5) is 0 Å². The van der Waals surface area contributed by atoms with Gasteiger partial charge in [0.25, 0.3) is 11.8 Å². The molecule has 2 aliphatic rings. The largest absolute Gasteiger partial charge is 0.354 e. The number of morpholine rings is 1. The fourth-order valence-corrected chi connectivity index (χ4v) is 3.23. The minimum absolute atomic E-state index is 0.177. The monoisotopic (exact) mass is 346 g/mol. The predicted molar refractivity (Wildman–Crippen MR) is 92.5 cm³/mol. The molecule has 0 saturated carbocycles. The number of ether oxygens (including phenoxy) is 2. The molecule has 2 bridgehead atoms. The molecule has 0 unspecified atom stereocenters. The lowest BCUT2D eigenvalue weighted by Gasteiger charge is -2.30. The van der Waals surface area contributed by atoms with Gasteiger partial charge < -0.3 is 19.7 Å². The first-order chi connectivity index (χ1) is 12.2. The fourth-order valence-electron chi connectivity index (χ4n) is 3.23. The first-order valence-electron chi connectivity index (χ1n) is 9.10. The van der Waals surface area contributed by atoms with Crippen molar-refractivity contribution in [2.24, 2.45) is 0 Å². The summed E-state index contributed by atoms with van der Waals surface area (Å²) >= 11 is 0. The van der Waals surface area contributed by atoms with Crippen molar-refractivity contribution in [3.05, 3.63) is 35.9 Å². The van der Waals surface area contributed by atoms with Crippen molar-refractivity contribution >= 4 is 11.8 Å². The molecule has 1 N–H and O–H groups in total. The van der Waals surface area contributed by atoms with Gasteiger partial charge in [-0.15, -0.1) is 0 Å². The molecule has 3 rings (SSSR count). The second kappa shape index (κ2) is 8.45. The minimum atomic E-state index is -0.843. The Labute approximate surface area is 148 Å². The van der Waals surface area contributed by atoms with Crippen molar-refractivity contribution in [2.45, 2.75) is 57.6 Å². The number of carbonyl (C=O) groups excluding carboxylic acids is 2. The quantitative estimate of drug-likeness (QED) is 0.729. The lowest BCUT2D eigenvalue weighted by Crippen LogP contribution is -2.51. The van der Waals surface area contributed by atoms with Gasteiger partial charge in [0.05, 0.1) is 6.54 Å². The summed E-state index contributed by atoms with van der Waals surface area (Å²) in [6.07, 6.45) is 2.15. The van der Waals surface area contributed by atoms with Gasteiger partial charge in [0.1, 0.15) is 0 Å². The van der Waals surface area contributed by atoms with Gasteiger partial charge in [0.15, 0.2) is 18.5 Å². The van der Waals surface area contributed by atoms with Crippen LogP contribution < -0.4 is 5.32 Å². The van der Waals surface area contributed by atoms with E-state index in [4.69, 9.17) is 9.47 Å². The molecule has 2 fully saturated rings. The summed E-state index contributed by atoms with van der Waals surface area (Å²) < 4.78 is 11.2. The van der Waals surface area contributed by atoms with E-state index in [9.17, 15) is 9.59 Å². The molecule has 0 aromatic heterocycles. The Balaban J connectivity index is 1.54. The van der Waals surface area contributed by atoms with Crippen LogP contribution in [-0.4, -0.2) is 48.3 Å². The zero-order valence-electron chi connectivity index (χ0n) is 14.6. The molecule has 6 nitrogen and oxygen atoms in total. The highest BCUT2D eigenvalue weighted by molar-refractivity contribution is 5.92. The SMILES string of the molecule is CCCCCCNC(=O)[C@@H]1O[C@@H]2CN(Cc3ccccc3)C(=O)[C@H]1O2. The van der Waals surface area contributed by atoms with Crippen molar-refractivity contribution < 1.29 is 19.1 Å². The Bertz CT molecular complexity index is 592. The summed E-state index contributed by atoms with van der Waals surface area (Å²) in [6.45, 7) is 3.61. The van der Waals surface area contributed by atoms with Gasteiger partial charge in [-0.2, -0.15) is 0 Å². The number of nitrogens with one attached hydrogen (secondary N) is 1. The molecule has 3 atom stereocenters. The van der Waals surface area contributed by atoms with E-state index in [0.717, 1.165) is 31.2 Å². The zero-order valence-corrected chi connectivity index (χ0v) is 14.6.